The molecule has 3 heterocycles. The number of benzene rings is 1. The van der Waals surface area contributed by atoms with E-state index in [9.17, 15) is 9.90 Å². The maximum Gasteiger partial charge on any atom is 0.225 e. The molecule has 1 aromatic carbocycles. The number of para-hydroxylation sites is 1. The summed E-state index contributed by atoms with van der Waals surface area (Å²) < 4.78 is 0. The molecule has 1 aliphatic heterocycles. The van der Waals surface area contributed by atoms with Crippen LogP contribution in [-0.2, 0) is 6.42 Å². The van der Waals surface area contributed by atoms with Gasteiger partial charge in [-0.2, -0.15) is 0 Å². The van der Waals surface area contributed by atoms with Gasteiger partial charge in [-0.15, -0.1) is 0 Å². The lowest BCUT2D eigenvalue weighted by molar-refractivity contribution is 0.0962. The van der Waals surface area contributed by atoms with Gasteiger partial charge in [0.1, 0.15) is 11.6 Å². The van der Waals surface area contributed by atoms with Crippen LogP contribution in [-0.4, -0.2) is 52.0 Å². The molecule has 2 aliphatic rings. The minimum Gasteiger partial charge on any atom is -0.508 e. The van der Waals surface area contributed by atoms with Crippen LogP contribution in [0.1, 0.15) is 34.0 Å². The van der Waals surface area contributed by atoms with Crippen LogP contribution >= 0.6 is 0 Å². The van der Waals surface area contributed by atoms with Crippen LogP contribution < -0.4 is 9.80 Å². The average molecular weight is 401 g/mol. The number of phenolic OH excluding ortho intramolecular Hbond substituents is 1. The number of carbonyl (C=O) groups excluding carboxylic acids is 1. The molecule has 1 saturated heterocycles. The summed E-state index contributed by atoms with van der Waals surface area (Å²) in [6.45, 7) is 3.28. The zero-order valence-corrected chi connectivity index (χ0v) is 16.6. The number of phenols is 1. The van der Waals surface area contributed by atoms with E-state index < -0.39 is 0 Å². The predicted octanol–water partition coefficient (Wildman–Crippen LogP) is 2.82. The Morgan fingerprint density at radius 1 is 0.900 bits per heavy atom. The van der Waals surface area contributed by atoms with Crippen molar-refractivity contribution in [3.63, 3.8) is 0 Å². The van der Waals surface area contributed by atoms with Gasteiger partial charge in [0.2, 0.25) is 5.95 Å². The molecule has 3 aromatic rings. The van der Waals surface area contributed by atoms with Gasteiger partial charge in [0.15, 0.2) is 5.78 Å². The zero-order valence-electron chi connectivity index (χ0n) is 16.6. The number of anilines is 2. The summed E-state index contributed by atoms with van der Waals surface area (Å²) in [5, 5.41) is 10.2. The Balaban J connectivity index is 1.34. The average Bonchev–Trinajstić information content (AvgIpc) is 2.80. The Hall–Kier alpha value is -3.48. The minimum absolute atomic E-state index is 0.0380. The molecule has 7 nitrogen and oxygen atoms in total. The maximum absolute atomic E-state index is 12.7. The third-order valence-electron chi connectivity index (χ3n) is 5.94. The van der Waals surface area contributed by atoms with Crippen molar-refractivity contribution in [2.24, 2.45) is 0 Å². The second kappa shape index (κ2) is 7.74. The van der Waals surface area contributed by atoms with Crippen molar-refractivity contribution in [1.29, 1.82) is 0 Å². The number of nitrogens with zero attached hydrogens (tertiary/aromatic N) is 5. The van der Waals surface area contributed by atoms with E-state index in [4.69, 9.17) is 4.98 Å². The van der Waals surface area contributed by atoms with E-state index in [1.807, 2.05) is 36.5 Å². The number of aromatic nitrogens is 3. The van der Waals surface area contributed by atoms with E-state index in [2.05, 4.69) is 19.8 Å². The summed E-state index contributed by atoms with van der Waals surface area (Å²) >= 11 is 0. The fourth-order valence-corrected chi connectivity index (χ4v) is 4.32. The Morgan fingerprint density at radius 2 is 1.67 bits per heavy atom. The third-order valence-corrected chi connectivity index (χ3v) is 5.94. The summed E-state index contributed by atoms with van der Waals surface area (Å²) in [4.78, 5) is 30.8. The van der Waals surface area contributed by atoms with Gasteiger partial charge in [-0.3, -0.25) is 4.79 Å². The van der Waals surface area contributed by atoms with E-state index in [1.165, 1.54) is 0 Å². The lowest BCUT2D eigenvalue weighted by Gasteiger charge is -2.35. The zero-order chi connectivity index (χ0) is 20.5. The molecule has 1 atom stereocenters. The number of carbonyl (C=O) groups is 1. The smallest absolute Gasteiger partial charge is 0.225 e. The Labute approximate surface area is 175 Å². The van der Waals surface area contributed by atoms with Crippen LogP contribution in [0.3, 0.4) is 0 Å². The van der Waals surface area contributed by atoms with Gasteiger partial charge >= 0.3 is 0 Å². The lowest BCUT2D eigenvalue weighted by Crippen LogP contribution is -2.47. The van der Waals surface area contributed by atoms with Gasteiger partial charge < -0.3 is 14.9 Å². The number of hydrogen-bond acceptors (Lipinski definition) is 7. The number of Topliss-reactive ketones (excluding diaryl/α,β-unsaturated/α-hetero) is 1. The minimum atomic E-state index is -0.0602. The molecule has 0 radical (unpaired) electrons. The van der Waals surface area contributed by atoms with Crippen LogP contribution in [0.15, 0.2) is 54.9 Å². The van der Waals surface area contributed by atoms with Crippen molar-refractivity contribution in [2.75, 3.05) is 36.0 Å². The standard InChI is InChI=1S/C23H23N5O2/c29-20-6-2-1-5-17(20)16-13-19-18(21(30)14-16)15-25-23(26-19)28-11-9-27(10-12-28)22-7-3-4-8-24-22/h1-8,15-16,29H,9-14H2. The van der Waals surface area contributed by atoms with E-state index in [1.54, 1.807) is 18.3 Å². The fraction of sp³-hybridized carbons (Fsp3) is 0.304. The van der Waals surface area contributed by atoms with E-state index >= 15 is 0 Å². The van der Waals surface area contributed by atoms with Gasteiger partial charge in [0, 0.05) is 50.9 Å². The number of rotatable bonds is 3. The quantitative estimate of drug-likeness (QED) is 0.723. The molecule has 0 saturated carbocycles. The number of ketones is 1. The first kappa shape index (κ1) is 18.5. The highest BCUT2D eigenvalue weighted by Crippen LogP contribution is 2.36. The number of pyridine rings is 1. The molecule has 152 valence electrons. The number of aromatic hydroxyl groups is 1. The van der Waals surface area contributed by atoms with Gasteiger partial charge in [-0.1, -0.05) is 24.3 Å². The molecule has 1 N–H and O–H groups in total. The van der Waals surface area contributed by atoms with Crippen molar-refractivity contribution in [3.8, 4) is 5.75 Å². The molecule has 0 spiro atoms. The Morgan fingerprint density at radius 3 is 2.43 bits per heavy atom. The molecular weight excluding hydrogens is 378 g/mol. The van der Waals surface area contributed by atoms with Gasteiger partial charge in [0.25, 0.3) is 0 Å². The van der Waals surface area contributed by atoms with Gasteiger partial charge in [-0.05, 0) is 30.2 Å². The highest BCUT2D eigenvalue weighted by atomic mass is 16.3. The highest BCUT2D eigenvalue weighted by molar-refractivity contribution is 5.98. The molecule has 5 rings (SSSR count). The third kappa shape index (κ3) is 3.47. The van der Waals surface area contributed by atoms with Crippen LogP contribution in [0.25, 0.3) is 0 Å². The summed E-state index contributed by atoms with van der Waals surface area (Å²) in [7, 11) is 0. The largest absolute Gasteiger partial charge is 0.508 e. The summed E-state index contributed by atoms with van der Waals surface area (Å²) in [6, 6.07) is 13.2. The van der Waals surface area contributed by atoms with Gasteiger partial charge in [-0.25, -0.2) is 15.0 Å². The molecule has 1 unspecified atom stereocenters. The predicted molar refractivity (Wildman–Crippen MR) is 114 cm³/mol. The second-order valence-electron chi connectivity index (χ2n) is 7.78. The molecular formula is C23H23N5O2. The molecule has 7 heteroatoms. The lowest BCUT2D eigenvalue weighted by atomic mass is 9.82. The molecule has 0 bridgehead atoms. The normalized spacial score (nSPS) is 18.9. The molecule has 0 amide bonds. The Bertz CT molecular complexity index is 1060. The van der Waals surface area contributed by atoms with Crippen LogP contribution in [0.2, 0.25) is 0 Å². The fourth-order valence-electron chi connectivity index (χ4n) is 4.32. The summed E-state index contributed by atoms with van der Waals surface area (Å²) in [5.74, 6) is 1.87. The van der Waals surface area contributed by atoms with E-state index in [-0.39, 0.29) is 17.5 Å². The Kier molecular flexibility index (Phi) is 4.78. The first-order chi connectivity index (χ1) is 14.7. The van der Waals surface area contributed by atoms with Crippen LogP contribution in [0.4, 0.5) is 11.8 Å². The van der Waals surface area contributed by atoms with E-state index in [0.717, 1.165) is 43.3 Å². The van der Waals surface area contributed by atoms with Crippen molar-refractivity contribution < 1.29 is 9.90 Å². The molecule has 1 aliphatic carbocycles. The van der Waals surface area contributed by atoms with Crippen molar-refractivity contribution in [2.45, 2.75) is 18.8 Å². The SMILES string of the molecule is O=C1CC(c2ccccc2O)Cc2nc(N3CCN(c4ccccn4)CC3)ncc21. The van der Waals surface area contributed by atoms with Crippen molar-refractivity contribution in [1.82, 2.24) is 15.0 Å². The van der Waals surface area contributed by atoms with Crippen LogP contribution in [0.5, 0.6) is 5.75 Å². The molecule has 2 aromatic heterocycles. The second-order valence-corrected chi connectivity index (χ2v) is 7.78. The van der Waals surface area contributed by atoms with Crippen LogP contribution in [0, 0.1) is 0 Å². The number of fused-ring (bicyclic) bond motifs is 1. The van der Waals surface area contributed by atoms with Crippen molar-refractivity contribution >= 4 is 17.5 Å². The van der Waals surface area contributed by atoms with Crippen molar-refractivity contribution in [3.05, 3.63) is 71.7 Å². The topological polar surface area (TPSA) is 82.5 Å². The maximum atomic E-state index is 12.7. The molecule has 30 heavy (non-hydrogen) atoms. The van der Waals surface area contributed by atoms with E-state index in [0.29, 0.717) is 24.4 Å². The highest BCUT2D eigenvalue weighted by Gasteiger charge is 2.30. The number of hydrogen-bond donors (Lipinski definition) is 1. The summed E-state index contributed by atoms with van der Waals surface area (Å²) in [6.07, 6.45) is 4.48. The first-order valence-corrected chi connectivity index (χ1v) is 10.3. The summed E-state index contributed by atoms with van der Waals surface area (Å²) in [5.41, 5.74) is 2.19. The first-order valence-electron chi connectivity index (χ1n) is 10.3. The number of piperazine rings is 1. The van der Waals surface area contributed by atoms with Gasteiger partial charge in [0.05, 0.1) is 11.3 Å². The molecule has 1 fully saturated rings. The monoisotopic (exact) mass is 401 g/mol.